The van der Waals surface area contributed by atoms with E-state index in [1.54, 1.807) is 37.6 Å². The molecule has 1 aromatic rings. The molecule has 164 valence electrons. The summed E-state index contributed by atoms with van der Waals surface area (Å²) in [4.78, 5) is 3.99. The number of nitrogens with two attached hydrogens (primary N) is 1. The van der Waals surface area contributed by atoms with E-state index in [1.807, 2.05) is 5.01 Å². The Hall–Kier alpha value is -1.83. The fourth-order valence-electron chi connectivity index (χ4n) is 4.53. The molecule has 10 heteroatoms. The molecule has 3 atom stereocenters. The van der Waals surface area contributed by atoms with Crippen molar-refractivity contribution in [3.05, 3.63) is 41.2 Å². The molecule has 3 unspecified atom stereocenters. The number of hydrogen-bond donors (Lipinski definition) is 3. The summed E-state index contributed by atoms with van der Waals surface area (Å²) < 4.78 is 53.1. The van der Waals surface area contributed by atoms with Crippen LogP contribution >= 0.6 is 7.14 Å². The average molecular weight is 441 g/mol. The summed E-state index contributed by atoms with van der Waals surface area (Å²) in [6.07, 6.45) is -0.358. The zero-order valence-electron chi connectivity index (χ0n) is 17.0. The van der Waals surface area contributed by atoms with Crippen molar-refractivity contribution in [1.82, 2.24) is 15.8 Å². The molecule has 2 fully saturated rings. The Balaban J connectivity index is 1.59. The lowest BCUT2D eigenvalue weighted by Gasteiger charge is -2.36. The summed E-state index contributed by atoms with van der Waals surface area (Å²) in [7, 11) is -2.45. The number of allylic oxidation sites excluding steroid dienone is 1. The third-order valence-corrected chi connectivity index (χ3v) is 7.75. The van der Waals surface area contributed by atoms with Crippen LogP contribution in [-0.2, 0) is 10.4 Å². The van der Waals surface area contributed by atoms with Crippen molar-refractivity contribution in [3.63, 3.8) is 0 Å². The Morgan fingerprint density at radius 2 is 1.80 bits per heavy atom. The Bertz CT molecular complexity index is 911. The van der Waals surface area contributed by atoms with Crippen molar-refractivity contribution in [1.29, 1.82) is 0 Å². The molecule has 0 radical (unpaired) electrons. The minimum Gasteiger partial charge on any atom is -0.330 e. The van der Waals surface area contributed by atoms with Gasteiger partial charge in [0.1, 0.15) is 18.5 Å². The predicted molar refractivity (Wildman–Crippen MR) is 112 cm³/mol. The summed E-state index contributed by atoms with van der Waals surface area (Å²) in [6.45, 7) is 4.74. The molecule has 1 aliphatic carbocycles. The van der Waals surface area contributed by atoms with E-state index < -0.39 is 24.7 Å². The Labute approximate surface area is 174 Å². The maximum absolute atomic E-state index is 13.6. The van der Waals surface area contributed by atoms with Gasteiger partial charge in [-0.05, 0) is 38.0 Å². The summed E-state index contributed by atoms with van der Waals surface area (Å²) >= 11 is 0. The van der Waals surface area contributed by atoms with E-state index in [-0.39, 0.29) is 5.82 Å². The van der Waals surface area contributed by atoms with Gasteiger partial charge < -0.3 is 15.3 Å². The van der Waals surface area contributed by atoms with Gasteiger partial charge in [0, 0.05) is 30.2 Å². The van der Waals surface area contributed by atoms with Crippen molar-refractivity contribution >= 4 is 18.7 Å². The number of aliphatic imine (C=N–C) groups is 1. The van der Waals surface area contributed by atoms with E-state index in [4.69, 9.17) is 5.73 Å². The maximum Gasteiger partial charge on any atom is 0.421 e. The second-order valence-corrected chi connectivity index (χ2v) is 12.0. The number of benzene rings is 1. The smallest absolute Gasteiger partial charge is 0.330 e. The fraction of sp³-hybridized carbons (Fsp3) is 0.550. The van der Waals surface area contributed by atoms with E-state index in [1.165, 1.54) is 6.42 Å². The van der Waals surface area contributed by atoms with E-state index in [0.717, 1.165) is 19.1 Å². The van der Waals surface area contributed by atoms with Crippen LogP contribution < -0.4 is 21.8 Å². The van der Waals surface area contributed by atoms with Crippen molar-refractivity contribution in [2.24, 2.45) is 22.6 Å². The van der Waals surface area contributed by atoms with E-state index in [9.17, 15) is 17.7 Å². The van der Waals surface area contributed by atoms with Crippen LogP contribution in [0.2, 0.25) is 0 Å². The van der Waals surface area contributed by atoms with Gasteiger partial charge in [-0.1, -0.05) is 30.7 Å². The van der Waals surface area contributed by atoms with Crippen LogP contribution in [0.25, 0.3) is 0 Å². The van der Waals surface area contributed by atoms with Gasteiger partial charge in [-0.15, -0.1) is 0 Å². The van der Waals surface area contributed by atoms with Crippen molar-refractivity contribution in [2.45, 2.75) is 31.2 Å². The third-order valence-electron chi connectivity index (χ3n) is 6.21. The van der Waals surface area contributed by atoms with Gasteiger partial charge in [0.05, 0.1) is 0 Å². The number of hydrogen-bond acceptors (Lipinski definition) is 6. The zero-order valence-corrected chi connectivity index (χ0v) is 17.9. The van der Waals surface area contributed by atoms with Crippen LogP contribution in [0.1, 0.15) is 24.8 Å². The van der Waals surface area contributed by atoms with Crippen LogP contribution in [0.15, 0.2) is 40.7 Å². The molecule has 0 bridgehead atoms. The lowest BCUT2D eigenvalue weighted by Crippen LogP contribution is -2.56. The van der Waals surface area contributed by atoms with E-state index >= 15 is 0 Å². The van der Waals surface area contributed by atoms with Crippen LogP contribution in [-0.4, -0.2) is 43.8 Å². The molecule has 2 heterocycles. The Morgan fingerprint density at radius 3 is 2.33 bits per heavy atom. The average Bonchev–Trinajstić information content (AvgIpc) is 3.21. The molecule has 1 saturated heterocycles. The summed E-state index contributed by atoms with van der Waals surface area (Å²) in [5, 5.41) is 5.28. The van der Waals surface area contributed by atoms with Crippen LogP contribution in [0.5, 0.6) is 0 Å². The molecule has 3 aliphatic rings. The molecule has 0 aromatic heterocycles. The molecule has 0 spiro atoms. The standard InChI is InChI=1S/C20H27F3N5OP/c1-30(2,29)16-8-6-15(7-9-16)20(24)25-10-17(19(21,22)23)18(26-20)27-28-11-13-4-3-5-14(13)12-28/h6-10,13-14,26-27H,3-5,11-12,24H2,1-2H3. The minimum absolute atomic E-state index is 0.194. The third kappa shape index (κ3) is 4.15. The quantitative estimate of drug-likeness (QED) is 0.626. The van der Waals surface area contributed by atoms with E-state index in [0.29, 0.717) is 35.8 Å². The first kappa shape index (κ1) is 21.4. The Morgan fingerprint density at radius 1 is 1.20 bits per heavy atom. The molecule has 1 saturated carbocycles. The first-order chi connectivity index (χ1) is 14.0. The highest BCUT2D eigenvalue weighted by atomic mass is 31.2. The van der Waals surface area contributed by atoms with E-state index in [2.05, 4.69) is 15.7 Å². The zero-order chi connectivity index (χ0) is 21.7. The van der Waals surface area contributed by atoms with Gasteiger partial charge in [-0.2, -0.15) is 13.2 Å². The second kappa shape index (κ2) is 7.39. The number of hydrazine groups is 1. The summed E-state index contributed by atoms with van der Waals surface area (Å²) in [5.41, 5.74) is 8.89. The molecule has 4 rings (SSSR count). The van der Waals surface area contributed by atoms with Crippen molar-refractivity contribution < 1.29 is 17.7 Å². The first-order valence-corrected chi connectivity index (χ1v) is 12.7. The molecule has 6 nitrogen and oxygen atoms in total. The SMILES string of the molecule is CP(C)(=O)c1ccc(C2(N)N=CC(C(F)(F)F)=C(NN3CC4CCCC4C3)N2)cc1. The highest BCUT2D eigenvalue weighted by Gasteiger charge is 2.43. The van der Waals surface area contributed by atoms with Gasteiger partial charge in [-0.25, -0.2) is 10.0 Å². The maximum atomic E-state index is 13.6. The summed E-state index contributed by atoms with van der Waals surface area (Å²) in [5.74, 6) is -0.700. The monoisotopic (exact) mass is 441 g/mol. The highest BCUT2D eigenvalue weighted by molar-refractivity contribution is 7.70. The number of nitrogens with zero attached hydrogens (tertiary/aromatic N) is 2. The number of halogens is 3. The van der Waals surface area contributed by atoms with Gasteiger partial charge in [0.15, 0.2) is 0 Å². The van der Waals surface area contributed by atoms with Crippen LogP contribution in [0.4, 0.5) is 13.2 Å². The topological polar surface area (TPSA) is 82.8 Å². The molecule has 4 N–H and O–H groups in total. The number of alkyl halides is 3. The molecule has 1 aromatic carbocycles. The normalized spacial score (nSPS) is 29.8. The molecule has 0 amide bonds. The molecule has 2 aliphatic heterocycles. The first-order valence-electron chi connectivity index (χ1n) is 10.1. The molecule has 30 heavy (non-hydrogen) atoms. The van der Waals surface area contributed by atoms with Crippen molar-refractivity contribution in [2.75, 3.05) is 26.4 Å². The van der Waals surface area contributed by atoms with Gasteiger partial charge in [0.25, 0.3) is 0 Å². The molecular formula is C20H27F3N5OP. The van der Waals surface area contributed by atoms with Crippen LogP contribution in [0, 0.1) is 11.8 Å². The largest absolute Gasteiger partial charge is 0.421 e. The second-order valence-electron chi connectivity index (χ2n) is 8.80. The summed E-state index contributed by atoms with van der Waals surface area (Å²) in [6, 6.07) is 6.66. The number of nitrogens with one attached hydrogen (secondary N) is 2. The van der Waals surface area contributed by atoms with Crippen LogP contribution in [0.3, 0.4) is 0 Å². The Kier molecular flexibility index (Phi) is 5.27. The predicted octanol–water partition coefficient (Wildman–Crippen LogP) is 2.69. The minimum atomic E-state index is -4.57. The van der Waals surface area contributed by atoms with Gasteiger partial charge in [0.2, 0.25) is 5.79 Å². The number of rotatable bonds is 4. The van der Waals surface area contributed by atoms with Crippen molar-refractivity contribution in [3.8, 4) is 0 Å². The molecular weight excluding hydrogens is 414 g/mol. The lowest BCUT2D eigenvalue weighted by molar-refractivity contribution is -0.0881. The lowest BCUT2D eigenvalue weighted by atomic mass is 10.0. The highest BCUT2D eigenvalue weighted by Crippen LogP contribution is 2.38. The number of fused-ring (bicyclic) bond motifs is 1. The fourth-order valence-corrected chi connectivity index (χ4v) is 5.40. The van der Waals surface area contributed by atoms with Gasteiger partial charge >= 0.3 is 6.18 Å². The van der Waals surface area contributed by atoms with Gasteiger partial charge in [-0.3, -0.25) is 5.73 Å².